The van der Waals surface area contributed by atoms with Crippen LogP contribution in [0.1, 0.15) is 53.4 Å². The number of nitrogens with one attached hydrogen (secondary N) is 1. The molecule has 5 heteroatoms. The molecule has 1 amide bonds. The second-order valence-corrected chi connectivity index (χ2v) is 7.39. The van der Waals surface area contributed by atoms with Crippen LogP contribution in [0.5, 0.6) is 0 Å². The van der Waals surface area contributed by atoms with Crippen molar-refractivity contribution in [2.45, 2.75) is 71.5 Å². The number of halogens is 1. The van der Waals surface area contributed by atoms with Crippen LogP contribution in [-0.4, -0.2) is 60.0 Å². The van der Waals surface area contributed by atoms with Crippen LogP contribution in [0.15, 0.2) is 0 Å². The largest absolute Gasteiger partial charge is 0.337 e. The lowest BCUT2D eigenvalue weighted by atomic mass is 10.0. The van der Waals surface area contributed by atoms with Crippen LogP contribution >= 0.6 is 12.4 Å². The summed E-state index contributed by atoms with van der Waals surface area (Å²) in [6.45, 7) is 12.3. The number of hydrogen-bond donors (Lipinski definition) is 1. The smallest absolute Gasteiger partial charge is 0.237 e. The second-order valence-electron chi connectivity index (χ2n) is 7.39. The van der Waals surface area contributed by atoms with Gasteiger partial charge in [-0.05, 0) is 65.8 Å². The maximum Gasteiger partial charge on any atom is 0.237 e. The number of rotatable bonds is 7. The summed E-state index contributed by atoms with van der Waals surface area (Å²) in [6, 6.07) is 1.24. The molecule has 0 radical (unpaired) electrons. The van der Waals surface area contributed by atoms with Gasteiger partial charge in [0.05, 0.1) is 6.54 Å². The summed E-state index contributed by atoms with van der Waals surface area (Å²) in [5, 5.41) is 3.69. The van der Waals surface area contributed by atoms with Gasteiger partial charge in [0.2, 0.25) is 5.91 Å². The Morgan fingerprint density at radius 2 is 1.64 bits per heavy atom. The first-order valence-corrected chi connectivity index (χ1v) is 8.74. The van der Waals surface area contributed by atoms with Crippen molar-refractivity contribution in [1.29, 1.82) is 0 Å². The summed E-state index contributed by atoms with van der Waals surface area (Å²) in [5.74, 6) is 1.24. The fraction of sp³-hybridized carbons (Fsp3) is 0.941. The van der Waals surface area contributed by atoms with E-state index in [1.54, 1.807) is 0 Å². The third-order valence-electron chi connectivity index (χ3n) is 4.74. The Balaban J connectivity index is 0.00000242. The van der Waals surface area contributed by atoms with Gasteiger partial charge in [-0.2, -0.15) is 0 Å². The van der Waals surface area contributed by atoms with Crippen molar-refractivity contribution in [3.63, 3.8) is 0 Å². The average molecular weight is 332 g/mol. The van der Waals surface area contributed by atoms with E-state index >= 15 is 0 Å². The molecule has 2 fully saturated rings. The van der Waals surface area contributed by atoms with E-state index < -0.39 is 0 Å². The quantitative estimate of drug-likeness (QED) is 0.778. The first-order valence-electron chi connectivity index (χ1n) is 8.74. The van der Waals surface area contributed by atoms with E-state index in [-0.39, 0.29) is 30.4 Å². The van der Waals surface area contributed by atoms with E-state index in [1.165, 1.54) is 32.2 Å². The Hall–Kier alpha value is -0.320. The first-order chi connectivity index (χ1) is 9.97. The molecule has 130 valence electrons. The molecule has 4 nitrogen and oxygen atoms in total. The highest BCUT2D eigenvalue weighted by Gasteiger charge is 2.27. The van der Waals surface area contributed by atoms with Gasteiger partial charge in [-0.3, -0.25) is 9.69 Å². The van der Waals surface area contributed by atoms with Crippen LogP contribution in [0, 0.1) is 5.92 Å². The molecule has 1 N–H and O–H groups in total. The Bertz CT molecular complexity index is 329. The lowest BCUT2D eigenvalue weighted by Crippen LogP contribution is -2.50. The van der Waals surface area contributed by atoms with E-state index in [9.17, 15) is 4.79 Å². The molecular weight excluding hydrogens is 298 g/mol. The van der Waals surface area contributed by atoms with Crippen molar-refractivity contribution >= 4 is 18.3 Å². The van der Waals surface area contributed by atoms with E-state index in [0.29, 0.717) is 12.6 Å². The third kappa shape index (κ3) is 6.05. The number of hydrogen-bond acceptors (Lipinski definition) is 3. The highest BCUT2D eigenvalue weighted by Crippen LogP contribution is 2.28. The van der Waals surface area contributed by atoms with Crippen LogP contribution in [0.4, 0.5) is 0 Å². The maximum absolute atomic E-state index is 12.5. The minimum atomic E-state index is 0. The fourth-order valence-electron chi connectivity index (χ4n) is 3.40. The van der Waals surface area contributed by atoms with E-state index in [4.69, 9.17) is 0 Å². The lowest BCUT2D eigenvalue weighted by molar-refractivity contribution is -0.136. The van der Waals surface area contributed by atoms with Crippen molar-refractivity contribution in [3.8, 4) is 0 Å². The molecular formula is C17H34ClN3O. The molecule has 1 aliphatic heterocycles. The minimum absolute atomic E-state index is 0. The van der Waals surface area contributed by atoms with Gasteiger partial charge in [-0.25, -0.2) is 0 Å². The van der Waals surface area contributed by atoms with Crippen LogP contribution in [0.25, 0.3) is 0 Å². The molecule has 2 rings (SSSR count). The fourth-order valence-corrected chi connectivity index (χ4v) is 3.40. The molecule has 1 saturated heterocycles. The summed E-state index contributed by atoms with van der Waals surface area (Å²) in [6.07, 6.45) is 5.20. The van der Waals surface area contributed by atoms with E-state index in [0.717, 1.165) is 19.0 Å². The third-order valence-corrected chi connectivity index (χ3v) is 4.74. The molecule has 0 spiro atoms. The molecule has 0 aromatic heterocycles. The maximum atomic E-state index is 12.5. The zero-order valence-corrected chi connectivity index (χ0v) is 15.5. The zero-order valence-electron chi connectivity index (χ0n) is 14.7. The SMILES string of the molecule is CC(C)N(C(=O)CN1CCC(NCC2CC2)CC1)C(C)C.Cl. The van der Waals surface area contributed by atoms with Crippen LogP contribution in [0.2, 0.25) is 0 Å². The second kappa shape index (κ2) is 9.09. The zero-order chi connectivity index (χ0) is 15.4. The van der Waals surface area contributed by atoms with Gasteiger partial charge in [0.25, 0.3) is 0 Å². The number of likely N-dealkylation sites (tertiary alicyclic amines) is 1. The van der Waals surface area contributed by atoms with Crippen LogP contribution < -0.4 is 5.32 Å². The van der Waals surface area contributed by atoms with Crippen molar-refractivity contribution in [1.82, 2.24) is 15.1 Å². The summed E-state index contributed by atoms with van der Waals surface area (Å²) < 4.78 is 0. The Kier molecular flexibility index (Phi) is 8.15. The predicted molar refractivity (Wildman–Crippen MR) is 94.6 cm³/mol. The normalized spacial score (nSPS) is 20.3. The Morgan fingerprint density at radius 3 is 2.09 bits per heavy atom. The molecule has 0 unspecified atom stereocenters. The van der Waals surface area contributed by atoms with Gasteiger partial charge < -0.3 is 10.2 Å². The summed E-state index contributed by atoms with van der Waals surface area (Å²) in [7, 11) is 0. The number of carbonyl (C=O) groups excluding carboxylic acids is 1. The molecule has 1 aliphatic carbocycles. The molecule has 22 heavy (non-hydrogen) atoms. The van der Waals surface area contributed by atoms with Gasteiger partial charge >= 0.3 is 0 Å². The first kappa shape index (κ1) is 19.7. The summed E-state index contributed by atoms with van der Waals surface area (Å²) in [5.41, 5.74) is 0. The van der Waals surface area contributed by atoms with Gasteiger partial charge in [0, 0.05) is 31.2 Å². The predicted octanol–water partition coefficient (Wildman–Crippen LogP) is 2.52. The number of carbonyl (C=O) groups is 1. The standard InChI is InChI=1S/C17H33N3O.ClH/c1-13(2)20(14(3)4)17(21)12-19-9-7-16(8-10-19)18-11-15-5-6-15;/h13-16,18H,5-12H2,1-4H3;1H. The number of amides is 1. The molecule has 1 heterocycles. The van der Waals surface area contributed by atoms with Gasteiger partial charge in [-0.1, -0.05) is 0 Å². The van der Waals surface area contributed by atoms with Crippen LogP contribution in [-0.2, 0) is 4.79 Å². The van der Waals surface area contributed by atoms with E-state index in [1.807, 2.05) is 4.90 Å². The molecule has 0 aromatic rings. The van der Waals surface area contributed by atoms with Crippen molar-refractivity contribution < 1.29 is 4.79 Å². The Morgan fingerprint density at radius 1 is 1.09 bits per heavy atom. The van der Waals surface area contributed by atoms with Crippen LogP contribution in [0.3, 0.4) is 0 Å². The molecule has 0 atom stereocenters. The minimum Gasteiger partial charge on any atom is -0.337 e. The highest BCUT2D eigenvalue weighted by molar-refractivity contribution is 5.85. The van der Waals surface area contributed by atoms with Gasteiger partial charge in [-0.15, -0.1) is 12.4 Å². The molecule has 0 bridgehead atoms. The van der Waals surface area contributed by atoms with Crippen molar-refractivity contribution in [3.05, 3.63) is 0 Å². The van der Waals surface area contributed by atoms with Crippen molar-refractivity contribution in [2.75, 3.05) is 26.2 Å². The summed E-state index contributed by atoms with van der Waals surface area (Å²) >= 11 is 0. The van der Waals surface area contributed by atoms with Gasteiger partial charge in [0.15, 0.2) is 0 Å². The highest BCUT2D eigenvalue weighted by atomic mass is 35.5. The lowest BCUT2D eigenvalue weighted by Gasteiger charge is -2.36. The van der Waals surface area contributed by atoms with E-state index in [2.05, 4.69) is 37.9 Å². The van der Waals surface area contributed by atoms with Gasteiger partial charge in [0.1, 0.15) is 0 Å². The molecule has 1 saturated carbocycles. The molecule has 2 aliphatic rings. The average Bonchev–Trinajstić information content (AvgIpc) is 3.21. The summed E-state index contributed by atoms with van der Waals surface area (Å²) in [4.78, 5) is 16.8. The monoisotopic (exact) mass is 331 g/mol. The topological polar surface area (TPSA) is 35.6 Å². The Labute approximate surface area is 142 Å². The number of nitrogens with zero attached hydrogens (tertiary/aromatic N) is 2. The number of piperidine rings is 1. The van der Waals surface area contributed by atoms with Crippen molar-refractivity contribution in [2.24, 2.45) is 5.92 Å². The molecule has 0 aromatic carbocycles.